The standard InChI is InChI=1S/C31H36Cl3N3O4S/c1-7-27(30(39)35-31(4,5)6)36(18-24-25(33)9-8-10-26(24)34)29(38)19-37(28-16-13-22(32)17-21(28)3)42(40,41)23-14-11-20(2)12-15-23/h8-17,27H,7,18-19H2,1-6H3,(H,35,39). The van der Waals surface area contributed by atoms with Gasteiger partial charge < -0.3 is 10.2 Å². The lowest BCUT2D eigenvalue weighted by molar-refractivity contribution is -0.141. The maximum atomic E-state index is 14.3. The number of carbonyl (C=O) groups is 2. The zero-order chi connectivity index (χ0) is 31.4. The van der Waals surface area contributed by atoms with Crippen molar-refractivity contribution in [1.29, 1.82) is 0 Å². The molecule has 11 heteroatoms. The molecular weight excluding hydrogens is 617 g/mol. The average molecular weight is 653 g/mol. The smallest absolute Gasteiger partial charge is 0.264 e. The van der Waals surface area contributed by atoms with E-state index in [0.29, 0.717) is 26.2 Å². The summed E-state index contributed by atoms with van der Waals surface area (Å²) in [6, 6.07) is 15.2. The van der Waals surface area contributed by atoms with Crippen molar-refractivity contribution in [2.45, 2.75) is 71.0 Å². The fraction of sp³-hybridized carbons (Fsp3) is 0.355. The third-order valence-electron chi connectivity index (χ3n) is 6.59. The Morgan fingerprint density at radius 2 is 1.52 bits per heavy atom. The molecule has 0 radical (unpaired) electrons. The molecule has 0 aliphatic rings. The lowest BCUT2D eigenvalue weighted by atomic mass is 10.1. The molecule has 0 saturated carbocycles. The number of sulfonamides is 1. The molecule has 1 N–H and O–H groups in total. The van der Waals surface area contributed by atoms with E-state index < -0.39 is 34.1 Å². The molecule has 0 aliphatic heterocycles. The molecule has 226 valence electrons. The molecule has 0 spiro atoms. The second kappa shape index (κ2) is 13.7. The van der Waals surface area contributed by atoms with Crippen LogP contribution in [0.5, 0.6) is 0 Å². The molecule has 0 heterocycles. The number of amides is 2. The van der Waals surface area contributed by atoms with E-state index >= 15 is 0 Å². The van der Waals surface area contributed by atoms with Gasteiger partial charge in [-0.3, -0.25) is 13.9 Å². The Balaban J connectivity index is 2.15. The summed E-state index contributed by atoms with van der Waals surface area (Å²) >= 11 is 19.1. The molecule has 0 fully saturated rings. The molecule has 0 aliphatic carbocycles. The Labute approximate surface area is 263 Å². The van der Waals surface area contributed by atoms with Gasteiger partial charge in [-0.1, -0.05) is 65.5 Å². The van der Waals surface area contributed by atoms with Gasteiger partial charge in [-0.15, -0.1) is 0 Å². The quantitative estimate of drug-likeness (QED) is 0.251. The molecule has 1 atom stereocenters. The first kappa shape index (κ1) is 33.7. The number of halogens is 3. The Bertz CT molecular complexity index is 1530. The molecule has 3 rings (SSSR count). The first-order valence-corrected chi connectivity index (χ1v) is 16.0. The molecular formula is C31H36Cl3N3O4S. The van der Waals surface area contributed by atoms with Crippen LogP contribution in [0.4, 0.5) is 5.69 Å². The first-order valence-electron chi connectivity index (χ1n) is 13.4. The summed E-state index contributed by atoms with van der Waals surface area (Å²) in [5, 5.41) is 4.01. The molecule has 0 saturated heterocycles. The van der Waals surface area contributed by atoms with Gasteiger partial charge in [0.15, 0.2) is 0 Å². The predicted octanol–water partition coefficient (Wildman–Crippen LogP) is 7.18. The van der Waals surface area contributed by atoms with Crippen LogP contribution in [0.25, 0.3) is 0 Å². The van der Waals surface area contributed by atoms with Crippen LogP contribution in [0.3, 0.4) is 0 Å². The topological polar surface area (TPSA) is 86.8 Å². The summed E-state index contributed by atoms with van der Waals surface area (Å²) in [5.41, 5.74) is 1.62. The van der Waals surface area contributed by atoms with Crippen molar-refractivity contribution < 1.29 is 18.0 Å². The lowest BCUT2D eigenvalue weighted by Crippen LogP contribution is -2.55. The van der Waals surface area contributed by atoms with Crippen molar-refractivity contribution in [2.75, 3.05) is 10.8 Å². The van der Waals surface area contributed by atoms with E-state index in [1.807, 2.05) is 27.7 Å². The SMILES string of the molecule is CCC(C(=O)NC(C)(C)C)N(Cc1c(Cl)cccc1Cl)C(=O)CN(c1ccc(Cl)cc1C)S(=O)(=O)c1ccc(C)cc1. The van der Waals surface area contributed by atoms with Crippen molar-refractivity contribution in [3.05, 3.63) is 92.4 Å². The van der Waals surface area contributed by atoms with E-state index in [2.05, 4.69) is 5.32 Å². The zero-order valence-corrected chi connectivity index (χ0v) is 27.6. The summed E-state index contributed by atoms with van der Waals surface area (Å²) in [4.78, 5) is 29.1. The minimum absolute atomic E-state index is 0.0217. The molecule has 2 amide bonds. The number of nitrogens with one attached hydrogen (secondary N) is 1. The highest BCUT2D eigenvalue weighted by molar-refractivity contribution is 7.92. The number of carbonyl (C=O) groups excluding carboxylic acids is 2. The van der Waals surface area contributed by atoms with Crippen molar-refractivity contribution in [3.8, 4) is 0 Å². The van der Waals surface area contributed by atoms with Crippen LogP contribution in [0.15, 0.2) is 65.6 Å². The third-order valence-corrected chi connectivity index (χ3v) is 9.31. The summed E-state index contributed by atoms with van der Waals surface area (Å²) in [7, 11) is -4.22. The van der Waals surface area contributed by atoms with Crippen LogP contribution in [-0.4, -0.2) is 43.3 Å². The predicted molar refractivity (Wildman–Crippen MR) is 171 cm³/mol. The minimum Gasteiger partial charge on any atom is -0.350 e. The maximum absolute atomic E-state index is 14.3. The van der Waals surface area contributed by atoms with Gasteiger partial charge in [0.2, 0.25) is 11.8 Å². The van der Waals surface area contributed by atoms with Crippen LogP contribution in [0.2, 0.25) is 15.1 Å². The molecule has 1 unspecified atom stereocenters. The van der Waals surface area contributed by atoms with E-state index in [4.69, 9.17) is 34.8 Å². The highest BCUT2D eigenvalue weighted by Crippen LogP contribution is 2.31. The Morgan fingerprint density at radius 3 is 2.05 bits per heavy atom. The van der Waals surface area contributed by atoms with Gasteiger partial charge in [0.25, 0.3) is 10.0 Å². The highest BCUT2D eigenvalue weighted by Gasteiger charge is 2.35. The van der Waals surface area contributed by atoms with E-state index in [1.165, 1.54) is 17.0 Å². The van der Waals surface area contributed by atoms with Gasteiger partial charge in [-0.05, 0) is 89.1 Å². The van der Waals surface area contributed by atoms with Gasteiger partial charge in [0, 0.05) is 32.7 Å². The number of anilines is 1. The van der Waals surface area contributed by atoms with Crippen molar-refractivity contribution in [2.24, 2.45) is 0 Å². The molecule has 3 aromatic rings. The number of hydrogen-bond donors (Lipinski definition) is 1. The fourth-order valence-corrected chi connectivity index (χ4v) is 6.70. The minimum atomic E-state index is -4.22. The largest absolute Gasteiger partial charge is 0.350 e. The summed E-state index contributed by atoms with van der Waals surface area (Å²) in [6.07, 6.45) is 0.264. The van der Waals surface area contributed by atoms with Gasteiger partial charge >= 0.3 is 0 Å². The number of benzene rings is 3. The second-order valence-corrected chi connectivity index (χ2v) is 14.3. The zero-order valence-electron chi connectivity index (χ0n) is 24.5. The number of nitrogens with zero attached hydrogens (tertiary/aromatic N) is 2. The maximum Gasteiger partial charge on any atom is 0.264 e. The first-order chi connectivity index (χ1) is 19.5. The van der Waals surface area contributed by atoms with Gasteiger partial charge in [0.1, 0.15) is 12.6 Å². The average Bonchev–Trinajstić information content (AvgIpc) is 2.88. The van der Waals surface area contributed by atoms with Crippen molar-refractivity contribution in [1.82, 2.24) is 10.2 Å². The van der Waals surface area contributed by atoms with Crippen LogP contribution in [-0.2, 0) is 26.2 Å². The molecule has 42 heavy (non-hydrogen) atoms. The molecule has 0 aromatic heterocycles. The molecule has 3 aromatic carbocycles. The Morgan fingerprint density at radius 1 is 0.929 bits per heavy atom. The third kappa shape index (κ3) is 8.19. The van der Waals surface area contributed by atoms with Gasteiger partial charge in [0.05, 0.1) is 10.6 Å². The van der Waals surface area contributed by atoms with Gasteiger partial charge in [-0.25, -0.2) is 8.42 Å². The summed E-state index contributed by atoms with van der Waals surface area (Å²) < 4.78 is 29.2. The number of aryl methyl sites for hydroxylation is 2. The normalized spacial score (nSPS) is 12.5. The van der Waals surface area contributed by atoms with Crippen molar-refractivity contribution >= 4 is 62.3 Å². The van der Waals surface area contributed by atoms with E-state index in [9.17, 15) is 18.0 Å². The van der Waals surface area contributed by atoms with E-state index in [1.54, 1.807) is 62.4 Å². The summed E-state index contributed by atoms with van der Waals surface area (Å²) in [6.45, 7) is 10.2. The lowest BCUT2D eigenvalue weighted by Gasteiger charge is -2.35. The van der Waals surface area contributed by atoms with E-state index in [-0.39, 0.29) is 29.5 Å². The second-order valence-electron chi connectivity index (χ2n) is 11.1. The van der Waals surface area contributed by atoms with Crippen LogP contribution < -0.4 is 9.62 Å². The summed E-state index contributed by atoms with van der Waals surface area (Å²) in [5.74, 6) is -0.982. The van der Waals surface area contributed by atoms with E-state index in [0.717, 1.165) is 9.87 Å². The van der Waals surface area contributed by atoms with Crippen LogP contribution >= 0.6 is 34.8 Å². The number of rotatable bonds is 10. The molecule has 7 nitrogen and oxygen atoms in total. The molecule has 0 bridgehead atoms. The number of hydrogen-bond acceptors (Lipinski definition) is 4. The Kier molecular flexibility index (Phi) is 11.0. The monoisotopic (exact) mass is 651 g/mol. The highest BCUT2D eigenvalue weighted by atomic mass is 35.5. The van der Waals surface area contributed by atoms with Gasteiger partial charge in [-0.2, -0.15) is 0 Å². The van der Waals surface area contributed by atoms with Crippen LogP contribution in [0.1, 0.15) is 50.8 Å². The Hall–Kier alpha value is -2.78. The van der Waals surface area contributed by atoms with Crippen molar-refractivity contribution in [3.63, 3.8) is 0 Å². The fourth-order valence-electron chi connectivity index (χ4n) is 4.48. The van der Waals surface area contributed by atoms with Crippen LogP contribution in [0, 0.1) is 13.8 Å².